The molecule has 6 nitrogen and oxygen atoms in total. The predicted octanol–water partition coefficient (Wildman–Crippen LogP) is 0.796. The van der Waals surface area contributed by atoms with E-state index in [1.54, 1.807) is 0 Å². The van der Waals surface area contributed by atoms with Gasteiger partial charge in [-0.1, -0.05) is 30.3 Å². The van der Waals surface area contributed by atoms with Crippen LogP contribution in [0.5, 0.6) is 0 Å². The van der Waals surface area contributed by atoms with Crippen molar-refractivity contribution in [2.45, 2.75) is 31.3 Å². The Balaban J connectivity index is 1.71. The average Bonchev–Trinajstić information content (AvgIpc) is 3.39. The first-order valence-electron chi connectivity index (χ1n) is 8.83. The number of benzene rings is 1. The van der Waals surface area contributed by atoms with Gasteiger partial charge in [0.25, 0.3) is 0 Å². The van der Waals surface area contributed by atoms with Crippen LogP contribution in [-0.2, 0) is 21.2 Å². The van der Waals surface area contributed by atoms with Gasteiger partial charge in [0.2, 0.25) is 15.9 Å². The smallest absolute Gasteiger partial charge is 0.238 e. The van der Waals surface area contributed by atoms with E-state index in [0.717, 1.165) is 30.1 Å². The van der Waals surface area contributed by atoms with E-state index in [9.17, 15) is 13.2 Å². The first kappa shape index (κ1) is 18.4. The van der Waals surface area contributed by atoms with Crippen LogP contribution in [0.4, 0.5) is 0 Å². The number of hydrogen-bond acceptors (Lipinski definition) is 4. The Bertz CT molecular complexity index is 704. The third-order valence-electron chi connectivity index (χ3n) is 5.14. The van der Waals surface area contributed by atoms with Gasteiger partial charge in [-0.3, -0.25) is 9.69 Å². The summed E-state index contributed by atoms with van der Waals surface area (Å²) >= 11 is 0. The largest absolute Gasteiger partial charge is 0.336 e. The van der Waals surface area contributed by atoms with Crippen molar-refractivity contribution in [1.29, 1.82) is 0 Å². The molecule has 3 rings (SSSR count). The quantitative estimate of drug-likeness (QED) is 0.748. The van der Waals surface area contributed by atoms with Crippen LogP contribution in [0.25, 0.3) is 0 Å². The summed E-state index contributed by atoms with van der Waals surface area (Å²) in [5.74, 6) is -0.107. The molecular formula is C18H27N3O3S. The third-order valence-corrected chi connectivity index (χ3v) is 6.40. The van der Waals surface area contributed by atoms with Gasteiger partial charge in [-0.25, -0.2) is 8.42 Å². The second-order valence-electron chi connectivity index (χ2n) is 7.18. The maximum Gasteiger partial charge on any atom is 0.238 e. The summed E-state index contributed by atoms with van der Waals surface area (Å²) in [7, 11) is -1.89. The van der Waals surface area contributed by atoms with E-state index < -0.39 is 10.0 Å². The summed E-state index contributed by atoms with van der Waals surface area (Å²) in [6.45, 7) is 2.33. The van der Waals surface area contributed by atoms with Crippen LogP contribution in [0.15, 0.2) is 30.3 Å². The summed E-state index contributed by atoms with van der Waals surface area (Å²) in [5.41, 5.74) is 1.21. The van der Waals surface area contributed by atoms with Gasteiger partial charge < -0.3 is 4.90 Å². The van der Waals surface area contributed by atoms with E-state index in [1.807, 2.05) is 23.1 Å². The van der Waals surface area contributed by atoms with Crippen molar-refractivity contribution in [2.24, 2.45) is 0 Å². The van der Waals surface area contributed by atoms with Crippen LogP contribution in [-0.4, -0.2) is 80.0 Å². The fourth-order valence-electron chi connectivity index (χ4n) is 3.44. The first-order valence-corrected chi connectivity index (χ1v) is 10.7. The summed E-state index contributed by atoms with van der Waals surface area (Å²) in [6.07, 6.45) is 4.44. The normalized spacial score (nSPS) is 22.4. The molecule has 1 aliphatic heterocycles. The van der Waals surface area contributed by atoms with Gasteiger partial charge in [0, 0.05) is 38.8 Å². The number of carbonyl (C=O) groups excluding carboxylic acids is 1. The Morgan fingerprint density at radius 1 is 1.20 bits per heavy atom. The van der Waals surface area contributed by atoms with E-state index in [1.165, 1.54) is 25.5 Å². The molecule has 1 atom stereocenters. The highest BCUT2D eigenvalue weighted by Crippen LogP contribution is 2.29. The average molecular weight is 365 g/mol. The molecule has 7 heteroatoms. The van der Waals surface area contributed by atoms with Gasteiger partial charge in [0.1, 0.15) is 0 Å². The van der Waals surface area contributed by atoms with Crippen LogP contribution in [0.3, 0.4) is 0 Å². The minimum Gasteiger partial charge on any atom is -0.336 e. The maximum atomic E-state index is 12.7. The van der Waals surface area contributed by atoms with Crippen molar-refractivity contribution >= 4 is 15.9 Å². The Morgan fingerprint density at radius 2 is 1.88 bits per heavy atom. The molecule has 0 radical (unpaired) electrons. The van der Waals surface area contributed by atoms with Crippen molar-refractivity contribution < 1.29 is 13.2 Å². The van der Waals surface area contributed by atoms with Crippen molar-refractivity contribution in [3.05, 3.63) is 35.9 Å². The Hall–Kier alpha value is -1.44. The van der Waals surface area contributed by atoms with Gasteiger partial charge in [-0.05, 0) is 24.8 Å². The lowest BCUT2D eigenvalue weighted by Gasteiger charge is -2.42. The van der Waals surface area contributed by atoms with Crippen LogP contribution >= 0.6 is 0 Å². The summed E-state index contributed by atoms with van der Waals surface area (Å²) in [6, 6.07) is 11.0. The topological polar surface area (TPSA) is 60.9 Å². The lowest BCUT2D eigenvalue weighted by Crippen LogP contribution is -2.58. The highest BCUT2D eigenvalue weighted by molar-refractivity contribution is 7.88. The predicted molar refractivity (Wildman–Crippen MR) is 97.7 cm³/mol. The molecule has 1 aliphatic carbocycles. The zero-order valence-corrected chi connectivity index (χ0v) is 15.8. The molecule has 1 saturated carbocycles. The zero-order valence-electron chi connectivity index (χ0n) is 15.0. The van der Waals surface area contributed by atoms with E-state index in [4.69, 9.17) is 0 Å². The molecule has 1 saturated heterocycles. The fraction of sp³-hybridized carbons (Fsp3) is 0.611. The monoisotopic (exact) mass is 365 g/mol. The number of likely N-dealkylation sites (N-methyl/N-ethyl adjacent to an activating group) is 1. The molecular weight excluding hydrogens is 338 g/mol. The number of hydrogen-bond donors (Lipinski definition) is 0. The highest BCUT2D eigenvalue weighted by Gasteiger charge is 2.37. The Kier molecular flexibility index (Phi) is 5.46. The molecule has 0 aromatic heterocycles. The molecule has 25 heavy (non-hydrogen) atoms. The molecule has 2 fully saturated rings. The zero-order chi connectivity index (χ0) is 18.0. The van der Waals surface area contributed by atoms with Crippen LogP contribution in [0, 0.1) is 0 Å². The minimum absolute atomic E-state index is 0.0897. The fourth-order valence-corrected chi connectivity index (χ4v) is 3.78. The number of nitrogens with zero attached hydrogens (tertiary/aromatic N) is 3. The van der Waals surface area contributed by atoms with Crippen LogP contribution in [0.2, 0.25) is 0 Å². The molecule has 0 N–H and O–H groups in total. The molecule has 1 aromatic carbocycles. The van der Waals surface area contributed by atoms with E-state index in [-0.39, 0.29) is 18.5 Å². The molecule has 0 spiro atoms. The number of piperazine rings is 1. The number of amides is 1. The Labute approximate surface area is 150 Å². The summed E-state index contributed by atoms with van der Waals surface area (Å²) in [4.78, 5) is 17.1. The SMILES string of the molecule is CN(CC(=O)N1CCN(C2CC2)CC1Cc1ccccc1)S(C)(=O)=O. The van der Waals surface area contributed by atoms with E-state index in [2.05, 4.69) is 17.0 Å². The van der Waals surface area contributed by atoms with Crippen molar-refractivity contribution in [1.82, 2.24) is 14.1 Å². The second kappa shape index (κ2) is 7.43. The minimum atomic E-state index is -3.35. The van der Waals surface area contributed by atoms with E-state index in [0.29, 0.717) is 12.6 Å². The molecule has 1 heterocycles. The third kappa shape index (κ3) is 4.80. The number of carbonyl (C=O) groups is 1. The summed E-state index contributed by atoms with van der Waals surface area (Å²) < 4.78 is 24.4. The lowest BCUT2D eigenvalue weighted by atomic mass is 10.0. The van der Waals surface area contributed by atoms with Gasteiger partial charge in [-0.15, -0.1) is 0 Å². The van der Waals surface area contributed by atoms with Gasteiger partial charge in [-0.2, -0.15) is 4.31 Å². The van der Waals surface area contributed by atoms with Crippen molar-refractivity contribution in [3.63, 3.8) is 0 Å². The van der Waals surface area contributed by atoms with Crippen LogP contribution in [0.1, 0.15) is 18.4 Å². The number of rotatable bonds is 6. The van der Waals surface area contributed by atoms with Crippen molar-refractivity contribution in [3.8, 4) is 0 Å². The molecule has 1 amide bonds. The standard InChI is InChI=1S/C18H27N3O3S/c1-19(25(2,23)24)14-18(22)21-11-10-20(16-8-9-16)13-17(21)12-15-6-4-3-5-7-15/h3-7,16-17H,8-14H2,1-2H3. The maximum absolute atomic E-state index is 12.7. The van der Waals surface area contributed by atoms with Crippen molar-refractivity contribution in [2.75, 3.05) is 39.5 Å². The second-order valence-corrected chi connectivity index (χ2v) is 9.27. The molecule has 138 valence electrons. The number of sulfonamides is 1. The molecule has 1 unspecified atom stereocenters. The van der Waals surface area contributed by atoms with Gasteiger partial charge in [0.05, 0.1) is 12.8 Å². The molecule has 2 aliphatic rings. The van der Waals surface area contributed by atoms with E-state index >= 15 is 0 Å². The van der Waals surface area contributed by atoms with Crippen LogP contribution < -0.4 is 0 Å². The molecule has 0 bridgehead atoms. The summed E-state index contributed by atoms with van der Waals surface area (Å²) in [5, 5.41) is 0. The highest BCUT2D eigenvalue weighted by atomic mass is 32.2. The lowest BCUT2D eigenvalue weighted by molar-refractivity contribution is -0.136. The van der Waals surface area contributed by atoms with Gasteiger partial charge in [0.15, 0.2) is 0 Å². The first-order chi connectivity index (χ1) is 11.8. The Morgan fingerprint density at radius 3 is 2.48 bits per heavy atom. The molecule has 1 aromatic rings. The van der Waals surface area contributed by atoms with Gasteiger partial charge >= 0.3 is 0 Å².